The normalized spacial score (nSPS) is 11.7. The van der Waals surface area contributed by atoms with Crippen LogP contribution in [0, 0.1) is 0 Å². The highest BCUT2D eigenvalue weighted by Crippen LogP contribution is 2.26. The van der Waals surface area contributed by atoms with Crippen molar-refractivity contribution in [2.45, 2.75) is 33.3 Å². The summed E-state index contributed by atoms with van der Waals surface area (Å²) in [5.74, 6) is 1.47. The van der Waals surface area contributed by atoms with Gasteiger partial charge in [-0.1, -0.05) is 0 Å². The van der Waals surface area contributed by atoms with Gasteiger partial charge >= 0.3 is 0 Å². The molecule has 0 unspecified atom stereocenters. The second-order valence-corrected chi connectivity index (χ2v) is 5.34. The summed E-state index contributed by atoms with van der Waals surface area (Å²) in [6.07, 6.45) is 3.74. The van der Waals surface area contributed by atoms with E-state index in [0.717, 1.165) is 23.6 Å². The van der Waals surface area contributed by atoms with Gasteiger partial charge in [0.1, 0.15) is 11.4 Å². The van der Waals surface area contributed by atoms with Crippen molar-refractivity contribution in [1.82, 2.24) is 19.7 Å². The molecule has 114 valence electrons. The Morgan fingerprint density at radius 1 is 1.29 bits per heavy atom. The van der Waals surface area contributed by atoms with Crippen molar-refractivity contribution >= 4 is 5.82 Å². The van der Waals surface area contributed by atoms with Gasteiger partial charge < -0.3 is 10.1 Å². The van der Waals surface area contributed by atoms with Crippen LogP contribution in [-0.4, -0.2) is 32.9 Å². The lowest BCUT2D eigenvalue weighted by Crippen LogP contribution is -2.25. The zero-order valence-corrected chi connectivity index (χ0v) is 13.3. The molecule has 2 heterocycles. The van der Waals surface area contributed by atoms with E-state index >= 15 is 0 Å². The summed E-state index contributed by atoms with van der Waals surface area (Å²) in [4.78, 5) is 9.23. The third-order valence-electron chi connectivity index (χ3n) is 3.13. The van der Waals surface area contributed by atoms with Gasteiger partial charge in [0.05, 0.1) is 11.9 Å². The van der Waals surface area contributed by atoms with Crippen LogP contribution in [0.2, 0.25) is 0 Å². The quantitative estimate of drug-likeness (QED) is 0.885. The number of aromatic nitrogens is 4. The number of nitrogens with one attached hydrogen (secondary N) is 1. The van der Waals surface area contributed by atoms with Crippen molar-refractivity contribution in [3.05, 3.63) is 24.3 Å². The monoisotopic (exact) mass is 289 g/mol. The van der Waals surface area contributed by atoms with Crippen LogP contribution >= 0.6 is 0 Å². The van der Waals surface area contributed by atoms with E-state index in [2.05, 4.69) is 20.4 Å². The molecule has 0 atom stereocenters. The summed E-state index contributed by atoms with van der Waals surface area (Å²) in [7, 11) is 1.89. The van der Waals surface area contributed by atoms with E-state index in [9.17, 15) is 0 Å². The van der Waals surface area contributed by atoms with Gasteiger partial charge in [0.15, 0.2) is 5.82 Å². The molecule has 0 amide bonds. The summed E-state index contributed by atoms with van der Waals surface area (Å²) in [5.41, 5.74) is 1.28. The maximum Gasteiger partial charge on any atom is 0.162 e. The number of aryl methyl sites for hydroxylation is 1. The fourth-order valence-corrected chi connectivity index (χ4v) is 2.11. The molecule has 21 heavy (non-hydrogen) atoms. The van der Waals surface area contributed by atoms with Crippen molar-refractivity contribution in [1.29, 1.82) is 0 Å². The van der Waals surface area contributed by atoms with E-state index in [1.807, 2.05) is 47.0 Å². The van der Waals surface area contributed by atoms with Gasteiger partial charge in [0, 0.05) is 38.0 Å². The Hall–Kier alpha value is -1.95. The Labute approximate surface area is 125 Å². The molecule has 2 rings (SSSR count). The molecule has 0 saturated carbocycles. The van der Waals surface area contributed by atoms with Gasteiger partial charge in [-0.2, -0.15) is 5.10 Å². The number of hydrogen-bond acceptors (Lipinski definition) is 5. The van der Waals surface area contributed by atoms with Crippen molar-refractivity contribution in [3.63, 3.8) is 0 Å². The van der Waals surface area contributed by atoms with Crippen LogP contribution in [0.4, 0.5) is 5.82 Å². The highest BCUT2D eigenvalue weighted by Gasteiger charge is 2.25. The van der Waals surface area contributed by atoms with Crippen LogP contribution in [-0.2, 0) is 17.4 Å². The summed E-state index contributed by atoms with van der Waals surface area (Å²) >= 11 is 0. The molecule has 0 saturated heterocycles. The van der Waals surface area contributed by atoms with E-state index in [-0.39, 0.29) is 0 Å². The zero-order chi connectivity index (χ0) is 15.5. The number of nitrogens with zero attached hydrogens (tertiary/aromatic N) is 4. The minimum atomic E-state index is -0.531. The molecule has 0 aliphatic rings. The lowest BCUT2D eigenvalue weighted by Gasteiger charge is -2.24. The van der Waals surface area contributed by atoms with Crippen LogP contribution in [0.3, 0.4) is 0 Å². The minimum Gasteiger partial charge on any atom is -0.370 e. The Bertz CT molecular complexity index is 606. The molecule has 0 spiro atoms. The molecular weight excluding hydrogens is 266 g/mol. The second kappa shape index (κ2) is 6.22. The molecule has 6 heteroatoms. The average Bonchev–Trinajstić information content (AvgIpc) is 2.85. The van der Waals surface area contributed by atoms with E-state index in [1.165, 1.54) is 0 Å². The van der Waals surface area contributed by atoms with Crippen LogP contribution in [0.15, 0.2) is 18.5 Å². The molecule has 0 fully saturated rings. The topological polar surface area (TPSA) is 64.9 Å². The van der Waals surface area contributed by atoms with Gasteiger partial charge in [-0.3, -0.25) is 4.68 Å². The molecule has 6 nitrogen and oxygen atoms in total. The van der Waals surface area contributed by atoms with Gasteiger partial charge in [-0.05, 0) is 27.7 Å². The first-order valence-corrected chi connectivity index (χ1v) is 7.22. The molecule has 0 aliphatic heterocycles. The summed E-state index contributed by atoms with van der Waals surface area (Å²) in [6.45, 7) is 9.39. The highest BCUT2D eigenvalue weighted by atomic mass is 16.5. The predicted octanol–water partition coefficient (Wildman–Crippen LogP) is 2.58. The largest absolute Gasteiger partial charge is 0.370 e. The molecule has 0 aliphatic carbocycles. The number of hydrogen-bond donors (Lipinski definition) is 1. The summed E-state index contributed by atoms with van der Waals surface area (Å²) in [5, 5.41) is 7.45. The Kier molecular flexibility index (Phi) is 4.57. The smallest absolute Gasteiger partial charge is 0.162 e. The first kappa shape index (κ1) is 15.4. The van der Waals surface area contributed by atoms with E-state index in [4.69, 9.17) is 4.74 Å². The van der Waals surface area contributed by atoms with E-state index in [1.54, 1.807) is 10.9 Å². The van der Waals surface area contributed by atoms with Crippen LogP contribution < -0.4 is 5.32 Å². The molecular formula is C15H23N5O. The maximum absolute atomic E-state index is 5.77. The lowest BCUT2D eigenvalue weighted by molar-refractivity contribution is -0.0206. The predicted molar refractivity (Wildman–Crippen MR) is 83.0 cm³/mol. The average molecular weight is 289 g/mol. The van der Waals surface area contributed by atoms with E-state index in [0.29, 0.717) is 12.4 Å². The fourth-order valence-electron chi connectivity index (χ4n) is 2.11. The molecule has 0 bridgehead atoms. The first-order valence-electron chi connectivity index (χ1n) is 7.22. The van der Waals surface area contributed by atoms with Crippen LogP contribution in [0.25, 0.3) is 11.3 Å². The Balaban J connectivity index is 2.48. The highest BCUT2D eigenvalue weighted by molar-refractivity contribution is 5.61. The van der Waals surface area contributed by atoms with Gasteiger partial charge in [0.25, 0.3) is 0 Å². The standard InChI is InChI=1S/C15H23N5O/c1-6-16-13-8-12(11-9-17-20(5)10-11)18-14(19-13)15(3,4)21-7-2/h8-10H,6-7H2,1-5H3,(H,16,18,19). The van der Waals surface area contributed by atoms with Crippen molar-refractivity contribution in [2.24, 2.45) is 7.05 Å². The zero-order valence-electron chi connectivity index (χ0n) is 13.3. The Morgan fingerprint density at radius 2 is 2.05 bits per heavy atom. The first-order chi connectivity index (χ1) is 9.96. The molecule has 1 N–H and O–H groups in total. The lowest BCUT2D eigenvalue weighted by atomic mass is 10.1. The number of rotatable bonds is 6. The molecule has 2 aromatic heterocycles. The van der Waals surface area contributed by atoms with Crippen molar-refractivity contribution < 1.29 is 4.74 Å². The van der Waals surface area contributed by atoms with E-state index < -0.39 is 5.60 Å². The molecule has 0 radical (unpaired) electrons. The fraction of sp³-hybridized carbons (Fsp3) is 0.533. The number of anilines is 1. The van der Waals surface area contributed by atoms with Crippen LogP contribution in [0.1, 0.15) is 33.5 Å². The summed E-state index contributed by atoms with van der Waals surface area (Å²) < 4.78 is 7.53. The Morgan fingerprint density at radius 3 is 2.62 bits per heavy atom. The molecule has 0 aromatic carbocycles. The third-order valence-corrected chi connectivity index (χ3v) is 3.13. The molecule has 2 aromatic rings. The third kappa shape index (κ3) is 3.58. The van der Waals surface area contributed by atoms with Crippen LogP contribution in [0.5, 0.6) is 0 Å². The van der Waals surface area contributed by atoms with Gasteiger partial charge in [-0.25, -0.2) is 9.97 Å². The SMILES string of the molecule is CCNc1cc(-c2cnn(C)c2)nc(C(C)(C)OCC)n1. The second-order valence-electron chi connectivity index (χ2n) is 5.34. The maximum atomic E-state index is 5.77. The number of ether oxygens (including phenoxy) is 1. The van der Waals surface area contributed by atoms with Crippen molar-refractivity contribution in [3.8, 4) is 11.3 Å². The summed E-state index contributed by atoms with van der Waals surface area (Å²) in [6, 6.07) is 1.94. The van der Waals surface area contributed by atoms with Gasteiger partial charge in [0.2, 0.25) is 0 Å². The van der Waals surface area contributed by atoms with Crippen molar-refractivity contribution in [2.75, 3.05) is 18.5 Å². The minimum absolute atomic E-state index is 0.531. The van der Waals surface area contributed by atoms with Gasteiger partial charge in [-0.15, -0.1) is 0 Å².